The molecule has 0 radical (unpaired) electrons. The molecule has 0 atom stereocenters. The minimum atomic E-state index is -6.09. The van der Waals surface area contributed by atoms with E-state index in [-0.39, 0.29) is 44.2 Å². The van der Waals surface area contributed by atoms with Crippen LogP contribution < -0.4 is 18.9 Å². The number of alkyl halides is 6. The van der Waals surface area contributed by atoms with Crippen LogP contribution >= 0.6 is 34.4 Å². The maximum absolute atomic E-state index is 10.7. The summed E-state index contributed by atoms with van der Waals surface area (Å²) < 4.78 is 148. The van der Waals surface area contributed by atoms with Crippen molar-refractivity contribution in [1.82, 2.24) is 0 Å². The first-order chi connectivity index (χ1) is 33.2. The Balaban J connectivity index is 0.000000622. The molecule has 0 saturated carbocycles. The summed E-state index contributed by atoms with van der Waals surface area (Å²) in [5.41, 5.74) is -12.3. The van der Waals surface area contributed by atoms with Crippen LogP contribution in [0.1, 0.15) is 83.1 Å². The molecule has 0 N–H and O–H groups in total. The van der Waals surface area contributed by atoms with Crippen molar-refractivity contribution in [2.75, 3.05) is 0 Å². The van der Waals surface area contributed by atoms with Gasteiger partial charge in [0.2, 0.25) is 8.42 Å². The second kappa shape index (κ2) is 23.9. The Labute approximate surface area is 442 Å². The number of hydrogen-bond acceptors (Lipinski definition) is 13. The van der Waals surface area contributed by atoms with E-state index < -0.39 is 31.3 Å². The third-order valence-electron chi connectivity index (χ3n) is 8.22. The second-order valence-corrected chi connectivity index (χ2v) is 30.4. The number of thiophene rings is 2. The highest BCUT2D eigenvalue weighted by Gasteiger charge is 2.38. The highest BCUT2D eigenvalue weighted by Crippen LogP contribution is 2.45. The first kappa shape index (κ1) is 61.5. The summed E-state index contributed by atoms with van der Waals surface area (Å²) in [5.74, 6) is 3.51. The third kappa shape index (κ3) is 20.5. The van der Waals surface area contributed by atoms with Gasteiger partial charge in [-0.15, -0.1) is 0 Å². The number of rotatable bonds is 12. The zero-order valence-electron chi connectivity index (χ0n) is 41.8. The molecule has 0 aliphatic carbocycles. The smallest absolute Gasteiger partial charge is 0.485 e. The van der Waals surface area contributed by atoms with Gasteiger partial charge in [0.1, 0.15) is 67.2 Å². The van der Waals surface area contributed by atoms with E-state index in [1.807, 2.05) is 34.4 Å². The number of benzene rings is 4. The molecular weight excluding hydrogens is 1100 g/mol. The molecule has 23 heteroatoms. The van der Waals surface area contributed by atoms with Gasteiger partial charge in [-0.2, -0.15) is 26.3 Å². The molecular formula is C50H56F6O10S7. The fraction of sp³-hybridized carbons (Fsp3) is 0.360. The maximum Gasteiger partial charge on any atom is 0.485 e. The standard InChI is InChI=1S/C48H56O4S5.2CHF3O3S/c1-45(2,3)49-33-13-21-37(22-14-33)56(38-23-15-34(16-24-38)50-46(4,5)6)43-31-29-41(54-43)53-42-30-32-44(55-42)57(39-25-17-35(18-26-39)51-47(7,8)9)40-27-19-36(20-28-40)52-48(10,11)12;2*2-1(3,4)8(5,6)7/h13-32H,1-12H3;2*(H,5,6,7)/q+2;;/p-2. The summed E-state index contributed by atoms with van der Waals surface area (Å²) in [4.78, 5) is 5.00. The van der Waals surface area contributed by atoms with Crippen molar-refractivity contribution in [3.05, 3.63) is 121 Å². The van der Waals surface area contributed by atoms with Crippen molar-refractivity contribution >= 4 is 76.5 Å². The maximum atomic E-state index is 10.7. The van der Waals surface area contributed by atoms with E-state index in [4.69, 9.17) is 44.9 Å². The van der Waals surface area contributed by atoms with Crippen molar-refractivity contribution < 1.29 is 71.2 Å². The van der Waals surface area contributed by atoms with Gasteiger partial charge in [0.15, 0.2) is 39.8 Å². The molecule has 6 rings (SSSR count). The molecule has 0 aliphatic heterocycles. The van der Waals surface area contributed by atoms with Gasteiger partial charge in [0, 0.05) is 12.1 Å². The van der Waals surface area contributed by atoms with Crippen molar-refractivity contribution in [2.24, 2.45) is 0 Å². The summed E-state index contributed by atoms with van der Waals surface area (Å²) in [6, 6.07) is 43.7. The van der Waals surface area contributed by atoms with Crippen LogP contribution in [-0.2, 0) is 42.0 Å². The van der Waals surface area contributed by atoms with E-state index in [2.05, 4.69) is 204 Å². The summed E-state index contributed by atoms with van der Waals surface area (Å²) in [5, 5.41) is 0. The fourth-order valence-electron chi connectivity index (χ4n) is 5.76. The molecule has 0 unspecified atom stereocenters. The van der Waals surface area contributed by atoms with Gasteiger partial charge in [-0.25, -0.2) is 16.8 Å². The normalized spacial score (nSPS) is 12.9. The Morgan fingerprint density at radius 1 is 0.384 bits per heavy atom. The van der Waals surface area contributed by atoms with Crippen LogP contribution in [-0.4, -0.2) is 59.4 Å². The monoisotopic (exact) mass is 1150 g/mol. The molecule has 0 spiro atoms. The Hall–Kier alpha value is -4.07. The molecule has 400 valence electrons. The van der Waals surface area contributed by atoms with E-state index >= 15 is 0 Å². The quantitative estimate of drug-likeness (QED) is 0.0498. The van der Waals surface area contributed by atoms with Crippen LogP contribution in [0.25, 0.3) is 0 Å². The van der Waals surface area contributed by atoms with Crippen molar-refractivity contribution in [3.63, 3.8) is 0 Å². The first-order valence-corrected chi connectivity index (χ1v) is 29.4. The topological polar surface area (TPSA) is 151 Å². The summed E-state index contributed by atoms with van der Waals surface area (Å²) >= 11 is 5.59. The van der Waals surface area contributed by atoms with Crippen molar-refractivity contribution in [3.8, 4) is 23.0 Å². The van der Waals surface area contributed by atoms with Crippen LogP contribution in [0, 0.1) is 0 Å². The molecule has 6 aromatic rings. The van der Waals surface area contributed by atoms with E-state index in [1.165, 1.54) is 36.4 Å². The highest BCUT2D eigenvalue weighted by atomic mass is 32.2. The average Bonchev–Trinajstić information content (AvgIpc) is 3.87. The summed E-state index contributed by atoms with van der Waals surface area (Å²) in [6.07, 6.45) is 0. The molecule has 4 aromatic carbocycles. The predicted octanol–water partition coefficient (Wildman–Crippen LogP) is 15.0. The lowest BCUT2D eigenvalue weighted by Crippen LogP contribution is -2.23. The van der Waals surface area contributed by atoms with Gasteiger partial charge < -0.3 is 28.1 Å². The number of halogens is 6. The predicted molar refractivity (Wildman–Crippen MR) is 276 cm³/mol. The van der Waals surface area contributed by atoms with E-state index in [1.54, 1.807) is 0 Å². The molecule has 73 heavy (non-hydrogen) atoms. The van der Waals surface area contributed by atoms with Gasteiger partial charge in [0.25, 0.3) is 0 Å². The molecule has 2 heterocycles. The van der Waals surface area contributed by atoms with Crippen LogP contribution in [0.2, 0.25) is 0 Å². The van der Waals surface area contributed by atoms with Crippen LogP contribution in [0.3, 0.4) is 0 Å². The van der Waals surface area contributed by atoms with E-state index in [0.717, 1.165) is 23.0 Å². The van der Waals surface area contributed by atoms with E-state index in [9.17, 15) is 26.3 Å². The Morgan fingerprint density at radius 2 is 0.575 bits per heavy atom. The lowest BCUT2D eigenvalue weighted by Gasteiger charge is -2.21. The van der Waals surface area contributed by atoms with Crippen LogP contribution in [0.15, 0.2) is 158 Å². The Bertz CT molecular complexity index is 2610. The average molecular weight is 1160 g/mol. The SMILES string of the molecule is CC(C)(C)Oc1ccc([S+](c2ccc(OC(C)(C)C)cc2)c2ccc(Sc3ccc([S+](c4ccc(OC(C)(C)C)cc4)c4ccc(OC(C)(C)C)cc4)s3)s2)cc1.O=S(=O)([O-])C(F)(F)F.O=S(=O)([O-])C(F)(F)F. The molecule has 0 amide bonds. The van der Waals surface area contributed by atoms with Gasteiger partial charge >= 0.3 is 11.0 Å². The van der Waals surface area contributed by atoms with Crippen LogP contribution in [0.5, 0.6) is 23.0 Å². The Morgan fingerprint density at radius 3 is 0.740 bits per heavy atom. The zero-order chi connectivity index (χ0) is 55.2. The molecule has 0 aliphatic rings. The van der Waals surface area contributed by atoms with Gasteiger partial charge in [0.05, 0.1) is 8.42 Å². The number of hydrogen-bond donors (Lipinski definition) is 0. The minimum absolute atomic E-state index is 0.258. The first-order valence-electron chi connectivity index (χ1n) is 21.7. The molecule has 2 aromatic heterocycles. The molecule has 10 nitrogen and oxygen atoms in total. The second-order valence-electron chi connectivity index (χ2n) is 19.4. The third-order valence-corrected chi connectivity index (χ3v) is 17.9. The zero-order valence-corrected chi connectivity index (χ0v) is 47.5. The fourth-order valence-corrected chi connectivity index (χ4v) is 14.9. The lowest BCUT2D eigenvalue weighted by molar-refractivity contribution is -0.0522. The number of ether oxygens (including phenoxy) is 4. The highest BCUT2D eigenvalue weighted by molar-refractivity contribution is 8.04. The Kier molecular flexibility index (Phi) is 20.1. The molecule has 0 fully saturated rings. The van der Waals surface area contributed by atoms with Crippen molar-refractivity contribution in [2.45, 2.75) is 153 Å². The van der Waals surface area contributed by atoms with Gasteiger partial charge in [-0.3, -0.25) is 0 Å². The largest absolute Gasteiger partial charge is 0.741 e. The van der Waals surface area contributed by atoms with Crippen molar-refractivity contribution in [1.29, 1.82) is 0 Å². The molecule has 0 bridgehead atoms. The minimum Gasteiger partial charge on any atom is -0.741 e. The van der Waals surface area contributed by atoms with E-state index in [0.29, 0.717) is 0 Å². The summed E-state index contributed by atoms with van der Waals surface area (Å²) in [6.45, 7) is 25.0. The molecule has 0 saturated heterocycles. The summed E-state index contributed by atoms with van der Waals surface area (Å²) in [7, 11) is -12.8. The van der Waals surface area contributed by atoms with Gasteiger partial charge in [-0.1, -0.05) is 34.4 Å². The van der Waals surface area contributed by atoms with Crippen LogP contribution in [0.4, 0.5) is 26.3 Å². The lowest BCUT2D eigenvalue weighted by atomic mass is 10.2. The van der Waals surface area contributed by atoms with Gasteiger partial charge in [-0.05, 0) is 192 Å².